The summed E-state index contributed by atoms with van der Waals surface area (Å²) < 4.78 is 41.0. The van der Waals surface area contributed by atoms with Gasteiger partial charge in [0.05, 0.1) is 19.8 Å². The number of carbonyl (C=O) groups is 1. The molecule has 4 aromatic rings. The van der Waals surface area contributed by atoms with Gasteiger partial charge < -0.3 is 14.8 Å². The number of ether oxygens (including phenoxy) is 2. The maximum Gasteiger partial charge on any atom is 0.276 e. The second-order valence-electron chi connectivity index (χ2n) is 9.61. The summed E-state index contributed by atoms with van der Waals surface area (Å²) in [5, 5.41) is 7.57. The molecular weight excluding hydrogens is 518 g/mol. The number of aromatic nitrogens is 3. The molecule has 2 aromatic heterocycles. The number of sulfonamides is 1. The zero-order valence-electron chi connectivity index (χ0n) is 22.6. The smallest absolute Gasteiger partial charge is 0.276 e. The largest absolute Gasteiger partial charge is 0.497 e. The maximum absolute atomic E-state index is 13.7. The molecule has 0 aliphatic carbocycles. The van der Waals surface area contributed by atoms with E-state index >= 15 is 0 Å². The van der Waals surface area contributed by atoms with E-state index < -0.39 is 15.9 Å². The van der Waals surface area contributed by atoms with Crippen LogP contribution in [0.1, 0.15) is 40.3 Å². The summed E-state index contributed by atoms with van der Waals surface area (Å²) in [6.07, 6.45) is 1.62. The van der Waals surface area contributed by atoms with Gasteiger partial charge in [-0.25, -0.2) is 17.9 Å². The Kier molecular flexibility index (Phi) is 7.04. The molecule has 1 aliphatic rings. The standard InChI is InChI=1S/C28H31N5O5S/c1-17-14-21(37-4)9-10-22(17)30-28(34)26-25(27-29-18(2)15-19(3)33(27)31-26)20-8-11-23(38-5)24(16-20)39(35,36)32-12-6-7-13-32/h8-11,14-16H,6-7,12-13H2,1-5H3,(H,30,34). The molecule has 0 bridgehead atoms. The monoisotopic (exact) mass is 549 g/mol. The number of nitrogens with zero attached hydrogens (tertiary/aromatic N) is 4. The lowest BCUT2D eigenvalue weighted by molar-refractivity contribution is 0.102. The lowest BCUT2D eigenvalue weighted by atomic mass is 10.0. The number of anilines is 1. The number of methoxy groups -OCH3 is 2. The maximum atomic E-state index is 13.7. The highest BCUT2D eigenvalue weighted by Crippen LogP contribution is 2.36. The van der Waals surface area contributed by atoms with E-state index in [0.29, 0.717) is 41.3 Å². The zero-order valence-corrected chi connectivity index (χ0v) is 23.4. The van der Waals surface area contributed by atoms with Crippen LogP contribution >= 0.6 is 0 Å². The van der Waals surface area contributed by atoms with Gasteiger partial charge in [-0.1, -0.05) is 6.07 Å². The molecule has 1 amide bonds. The summed E-state index contributed by atoms with van der Waals surface area (Å²) >= 11 is 0. The van der Waals surface area contributed by atoms with E-state index in [9.17, 15) is 13.2 Å². The zero-order chi connectivity index (χ0) is 27.9. The van der Waals surface area contributed by atoms with Crippen LogP contribution in [0.3, 0.4) is 0 Å². The fraction of sp³-hybridized carbons (Fsp3) is 0.321. The van der Waals surface area contributed by atoms with E-state index in [4.69, 9.17) is 9.47 Å². The Morgan fingerprint density at radius 1 is 0.974 bits per heavy atom. The molecule has 0 spiro atoms. The van der Waals surface area contributed by atoms with Gasteiger partial charge in [-0.3, -0.25) is 4.79 Å². The van der Waals surface area contributed by atoms with Crippen LogP contribution in [-0.4, -0.2) is 60.5 Å². The minimum atomic E-state index is -3.81. The first kappa shape index (κ1) is 26.6. The number of rotatable bonds is 7. The molecule has 1 fully saturated rings. The average Bonchev–Trinajstić information content (AvgIpc) is 3.59. The minimum Gasteiger partial charge on any atom is -0.497 e. The number of nitrogens with one attached hydrogen (secondary N) is 1. The first-order valence-corrected chi connectivity index (χ1v) is 14.1. The summed E-state index contributed by atoms with van der Waals surface area (Å²) in [6, 6.07) is 12.1. The average molecular weight is 550 g/mol. The number of benzene rings is 2. The van der Waals surface area contributed by atoms with Gasteiger partial charge in [-0.05, 0) is 81.1 Å². The van der Waals surface area contributed by atoms with Gasteiger partial charge in [0.1, 0.15) is 16.4 Å². The number of fused-ring (bicyclic) bond motifs is 1. The highest BCUT2D eigenvalue weighted by molar-refractivity contribution is 7.89. The van der Waals surface area contributed by atoms with E-state index in [1.54, 1.807) is 42.0 Å². The SMILES string of the molecule is COc1ccc(NC(=O)c2nn3c(C)cc(C)nc3c2-c2ccc(OC)c(S(=O)(=O)N3CCCC3)c2)c(C)c1. The fourth-order valence-electron chi connectivity index (χ4n) is 4.93. The first-order valence-electron chi connectivity index (χ1n) is 12.7. The van der Waals surface area contributed by atoms with Crippen molar-refractivity contribution in [3.63, 3.8) is 0 Å². The van der Waals surface area contributed by atoms with Crippen molar-refractivity contribution in [3.05, 3.63) is 65.1 Å². The van der Waals surface area contributed by atoms with Crippen molar-refractivity contribution in [3.8, 4) is 22.6 Å². The molecule has 2 aromatic carbocycles. The molecule has 1 N–H and O–H groups in total. The molecule has 0 unspecified atom stereocenters. The Hall–Kier alpha value is -3.96. The molecule has 11 heteroatoms. The van der Waals surface area contributed by atoms with Crippen LogP contribution in [0, 0.1) is 20.8 Å². The summed E-state index contributed by atoms with van der Waals surface area (Å²) in [5.74, 6) is 0.474. The van der Waals surface area contributed by atoms with Crippen molar-refractivity contribution >= 4 is 27.3 Å². The van der Waals surface area contributed by atoms with Crippen molar-refractivity contribution in [2.24, 2.45) is 0 Å². The van der Waals surface area contributed by atoms with Gasteiger partial charge in [0.2, 0.25) is 10.0 Å². The molecule has 1 aliphatic heterocycles. The van der Waals surface area contributed by atoms with Crippen LogP contribution in [0.25, 0.3) is 16.8 Å². The molecule has 0 atom stereocenters. The van der Waals surface area contributed by atoms with Crippen LogP contribution in [0.15, 0.2) is 47.4 Å². The molecule has 39 heavy (non-hydrogen) atoms. The number of amides is 1. The molecule has 10 nitrogen and oxygen atoms in total. The number of carbonyl (C=O) groups excluding carboxylic acids is 1. The van der Waals surface area contributed by atoms with Gasteiger partial charge in [-0.15, -0.1) is 0 Å². The molecular formula is C28H31N5O5S. The molecule has 0 radical (unpaired) electrons. The predicted octanol–water partition coefficient (Wildman–Crippen LogP) is 4.38. The molecule has 0 saturated carbocycles. The predicted molar refractivity (Wildman–Crippen MR) is 148 cm³/mol. The second kappa shape index (κ2) is 10.3. The first-order chi connectivity index (χ1) is 18.6. The Balaban J connectivity index is 1.68. The highest BCUT2D eigenvalue weighted by atomic mass is 32.2. The van der Waals surface area contributed by atoms with E-state index in [1.807, 2.05) is 32.9 Å². The Labute approximate surface area is 227 Å². The van der Waals surface area contributed by atoms with Gasteiger partial charge >= 0.3 is 0 Å². The minimum absolute atomic E-state index is 0.0467. The van der Waals surface area contributed by atoms with Crippen molar-refractivity contribution in [2.75, 3.05) is 32.6 Å². The second-order valence-corrected chi connectivity index (χ2v) is 11.5. The topological polar surface area (TPSA) is 115 Å². The molecule has 5 rings (SSSR count). The van der Waals surface area contributed by atoms with Gasteiger partial charge in [-0.2, -0.15) is 9.40 Å². The Morgan fingerprint density at radius 3 is 2.38 bits per heavy atom. The molecule has 204 valence electrons. The molecule has 3 heterocycles. The van der Waals surface area contributed by atoms with Crippen molar-refractivity contribution < 1.29 is 22.7 Å². The van der Waals surface area contributed by atoms with Crippen LogP contribution in [0.4, 0.5) is 5.69 Å². The van der Waals surface area contributed by atoms with E-state index in [0.717, 1.165) is 29.8 Å². The number of hydrogen-bond acceptors (Lipinski definition) is 7. The van der Waals surface area contributed by atoms with Crippen molar-refractivity contribution in [1.82, 2.24) is 18.9 Å². The number of hydrogen-bond donors (Lipinski definition) is 1. The van der Waals surface area contributed by atoms with Crippen molar-refractivity contribution in [2.45, 2.75) is 38.5 Å². The summed E-state index contributed by atoms with van der Waals surface area (Å²) in [7, 11) is -0.784. The lowest BCUT2D eigenvalue weighted by Gasteiger charge is -2.18. The number of aryl methyl sites for hydroxylation is 3. The lowest BCUT2D eigenvalue weighted by Crippen LogP contribution is -2.28. The summed E-state index contributed by atoms with van der Waals surface area (Å²) in [5.41, 5.74) is 4.48. The van der Waals surface area contributed by atoms with Gasteiger partial charge in [0.15, 0.2) is 11.3 Å². The van der Waals surface area contributed by atoms with E-state index in [2.05, 4.69) is 15.4 Å². The summed E-state index contributed by atoms with van der Waals surface area (Å²) in [4.78, 5) is 18.4. The highest BCUT2D eigenvalue weighted by Gasteiger charge is 2.32. The Bertz CT molecular complexity index is 1690. The fourth-order valence-corrected chi connectivity index (χ4v) is 6.63. The summed E-state index contributed by atoms with van der Waals surface area (Å²) in [6.45, 7) is 6.53. The van der Waals surface area contributed by atoms with Crippen LogP contribution in [-0.2, 0) is 10.0 Å². The van der Waals surface area contributed by atoms with Crippen LogP contribution in [0.2, 0.25) is 0 Å². The third-order valence-corrected chi connectivity index (χ3v) is 8.85. The van der Waals surface area contributed by atoms with Crippen LogP contribution in [0.5, 0.6) is 11.5 Å². The van der Waals surface area contributed by atoms with Crippen molar-refractivity contribution in [1.29, 1.82) is 0 Å². The quantitative estimate of drug-likeness (QED) is 0.364. The Morgan fingerprint density at radius 2 is 1.72 bits per heavy atom. The van der Waals surface area contributed by atoms with Crippen LogP contribution < -0.4 is 14.8 Å². The van der Waals surface area contributed by atoms with E-state index in [1.165, 1.54) is 11.4 Å². The van der Waals surface area contributed by atoms with E-state index in [-0.39, 0.29) is 16.3 Å². The molecule has 1 saturated heterocycles. The van der Waals surface area contributed by atoms with Gasteiger partial charge in [0.25, 0.3) is 5.91 Å². The third-order valence-electron chi connectivity index (χ3n) is 6.93. The normalized spacial score (nSPS) is 14.1. The third kappa shape index (κ3) is 4.83. The van der Waals surface area contributed by atoms with Gasteiger partial charge in [0, 0.05) is 30.2 Å².